The van der Waals surface area contributed by atoms with Gasteiger partial charge in [-0.3, -0.25) is 4.90 Å². The number of carbonyl (C=O) groups is 1. The Morgan fingerprint density at radius 2 is 1.71 bits per heavy atom. The second-order valence-corrected chi connectivity index (χ2v) is 3.77. The first-order chi connectivity index (χ1) is 8.17. The molecule has 1 N–H and O–H groups in total. The highest BCUT2D eigenvalue weighted by atomic mass is 16.4. The van der Waals surface area contributed by atoms with E-state index >= 15 is 0 Å². The summed E-state index contributed by atoms with van der Waals surface area (Å²) >= 11 is 0. The number of hydrogen-bond donors (Lipinski definition) is 1. The number of aromatic carboxylic acids is 1. The molecule has 0 spiro atoms. The third kappa shape index (κ3) is 4.25. The molecular formula is C14H17NO2. The summed E-state index contributed by atoms with van der Waals surface area (Å²) in [6.45, 7) is 9.75. The first-order valence-corrected chi connectivity index (χ1v) is 5.43. The largest absolute Gasteiger partial charge is 0.478 e. The van der Waals surface area contributed by atoms with Crippen molar-refractivity contribution in [2.75, 3.05) is 13.1 Å². The molecule has 0 fully saturated rings. The van der Waals surface area contributed by atoms with Gasteiger partial charge in [0.1, 0.15) is 0 Å². The highest BCUT2D eigenvalue weighted by Gasteiger charge is 2.04. The van der Waals surface area contributed by atoms with E-state index in [2.05, 4.69) is 18.1 Å². The van der Waals surface area contributed by atoms with E-state index in [9.17, 15) is 4.79 Å². The lowest BCUT2D eigenvalue weighted by atomic mass is 10.1. The van der Waals surface area contributed by atoms with Crippen LogP contribution in [0.2, 0.25) is 0 Å². The summed E-state index contributed by atoms with van der Waals surface area (Å²) in [5, 5.41) is 8.79. The second-order valence-electron chi connectivity index (χ2n) is 3.77. The van der Waals surface area contributed by atoms with Gasteiger partial charge in [0, 0.05) is 19.6 Å². The summed E-state index contributed by atoms with van der Waals surface area (Å²) < 4.78 is 0. The molecule has 0 aliphatic carbocycles. The average Bonchev–Trinajstić information content (AvgIpc) is 2.30. The molecule has 17 heavy (non-hydrogen) atoms. The molecular weight excluding hydrogens is 214 g/mol. The smallest absolute Gasteiger partial charge is 0.335 e. The molecule has 0 aliphatic heterocycles. The van der Waals surface area contributed by atoms with Gasteiger partial charge in [0.2, 0.25) is 0 Å². The second kappa shape index (κ2) is 6.66. The number of carboxylic acid groups (broad SMARTS) is 1. The molecule has 0 aromatic heterocycles. The number of hydrogen-bond acceptors (Lipinski definition) is 2. The standard InChI is InChI=1S/C14H17NO2/c1-3-9-15(10-4-2)11-12-5-7-13(8-6-12)14(16)17/h3-8H,1-2,9-11H2,(H,16,17). The minimum Gasteiger partial charge on any atom is -0.478 e. The fraction of sp³-hybridized carbons (Fsp3) is 0.214. The van der Waals surface area contributed by atoms with E-state index in [-0.39, 0.29) is 0 Å². The van der Waals surface area contributed by atoms with Crippen LogP contribution in [0.3, 0.4) is 0 Å². The van der Waals surface area contributed by atoms with Gasteiger partial charge in [0.05, 0.1) is 5.56 Å². The van der Waals surface area contributed by atoms with Crippen molar-refractivity contribution in [3.8, 4) is 0 Å². The Bertz CT molecular complexity index is 385. The maximum absolute atomic E-state index is 10.7. The molecule has 0 unspecified atom stereocenters. The molecule has 0 saturated carbocycles. The summed E-state index contributed by atoms with van der Waals surface area (Å²) in [5.74, 6) is -0.898. The van der Waals surface area contributed by atoms with E-state index in [0.717, 1.165) is 25.2 Å². The summed E-state index contributed by atoms with van der Waals surface area (Å²) in [5.41, 5.74) is 1.39. The van der Waals surface area contributed by atoms with Crippen molar-refractivity contribution < 1.29 is 9.90 Å². The van der Waals surface area contributed by atoms with Crippen LogP contribution in [0, 0.1) is 0 Å². The quantitative estimate of drug-likeness (QED) is 0.733. The van der Waals surface area contributed by atoms with Crippen LogP contribution in [0.25, 0.3) is 0 Å². The van der Waals surface area contributed by atoms with E-state index in [4.69, 9.17) is 5.11 Å². The predicted octanol–water partition coefficient (Wildman–Crippen LogP) is 2.56. The fourth-order valence-electron chi connectivity index (χ4n) is 1.58. The van der Waals surface area contributed by atoms with Crippen LogP contribution < -0.4 is 0 Å². The predicted molar refractivity (Wildman–Crippen MR) is 69.1 cm³/mol. The van der Waals surface area contributed by atoms with E-state index in [1.54, 1.807) is 12.1 Å². The average molecular weight is 231 g/mol. The Morgan fingerprint density at radius 1 is 1.18 bits per heavy atom. The van der Waals surface area contributed by atoms with Gasteiger partial charge >= 0.3 is 5.97 Å². The highest BCUT2D eigenvalue weighted by molar-refractivity contribution is 5.87. The maximum atomic E-state index is 10.7. The Hall–Kier alpha value is -1.87. The first-order valence-electron chi connectivity index (χ1n) is 5.43. The zero-order chi connectivity index (χ0) is 12.7. The summed E-state index contributed by atoms with van der Waals surface area (Å²) in [6, 6.07) is 6.92. The van der Waals surface area contributed by atoms with E-state index in [1.807, 2.05) is 24.3 Å². The zero-order valence-corrected chi connectivity index (χ0v) is 9.80. The van der Waals surface area contributed by atoms with Gasteiger partial charge in [-0.1, -0.05) is 24.3 Å². The Morgan fingerprint density at radius 3 is 2.12 bits per heavy atom. The molecule has 3 heteroatoms. The molecule has 0 aliphatic rings. The van der Waals surface area contributed by atoms with Crippen LogP contribution in [0.4, 0.5) is 0 Å². The third-order valence-electron chi connectivity index (χ3n) is 2.38. The molecule has 1 aromatic rings. The van der Waals surface area contributed by atoms with Crippen LogP contribution in [0.15, 0.2) is 49.6 Å². The van der Waals surface area contributed by atoms with Crippen molar-refractivity contribution in [3.63, 3.8) is 0 Å². The minimum atomic E-state index is -0.898. The van der Waals surface area contributed by atoms with Crippen molar-refractivity contribution in [1.82, 2.24) is 4.90 Å². The molecule has 0 bridgehead atoms. The third-order valence-corrected chi connectivity index (χ3v) is 2.38. The van der Waals surface area contributed by atoms with Gasteiger partial charge in [-0.05, 0) is 17.7 Å². The van der Waals surface area contributed by atoms with E-state index < -0.39 is 5.97 Å². The molecule has 90 valence electrons. The van der Waals surface area contributed by atoms with Crippen LogP contribution in [-0.2, 0) is 6.54 Å². The van der Waals surface area contributed by atoms with Gasteiger partial charge in [-0.15, -0.1) is 13.2 Å². The SMILES string of the molecule is C=CCN(CC=C)Cc1ccc(C(=O)O)cc1. The van der Waals surface area contributed by atoms with Crippen molar-refractivity contribution in [2.24, 2.45) is 0 Å². The topological polar surface area (TPSA) is 40.5 Å². The molecule has 0 atom stereocenters. The Balaban J connectivity index is 2.68. The molecule has 0 heterocycles. The molecule has 0 saturated heterocycles. The highest BCUT2D eigenvalue weighted by Crippen LogP contribution is 2.07. The monoisotopic (exact) mass is 231 g/mol. The number of carboxylic acids is 1. The molecule has 3 nitrogen and oxygen atoms in total. The van der Waals surface area contributed by atoms with E-state index in [1.165, 1.54) is 0 Å². The molecule has 1 rings (SSSR count). The van der Waals surface area contributed by atoms with Gasteiger partial charge in [-0.2, -0.15) is 0 Å². The van der Waals surface area contributed by atoms with Gasteiger partial charge in [0.15, 0.2) is 0 Å². The van der Waals surface area contributed by atoms with Gasteiger partial charge < -0.3 is 5.11 Å². The van der Waals surface area contributed by atoms with Crippen molar-refractivity contribution in [1.29, 1.82) is 0 Å². The maximum Gasteiger partial charge on any atom is 0.335 e. The Labute approximate surface area is 102 Å². The molecule has 0 radical (unpaired) electrons. The number of benzene rings is 1. The van der Waals surface area contributed by atoms with Crippen LogP contribution in [0.1, 0.15) is 15.9 Å². The van der Waals surface area contributed by atoms with Gasteiger partial charge in [0.25, 0.3) is 0 Å². The molecule has 0 amide bonds. The lowest BCUT2D eigenvalue weighted by Crippen LogP contribution is -2.23. The van der Waals surface area contributed by atoms with E-state index in [0.29, 0.717) is 5.56 Å². The Kier molecular flexibility index (Phi) is 5.17. The first kappa shape index (κ1) is 13.2. The van der Waals surface area contributed by atoms with Crippen molar-refractivity contribution >= 4 is 5.97 Å². The van der Waals surface area contributed by atoms with Crippen molar-refractivity contribution in [2.45, 2.75) is 6.54 Å². The van der Waals surface area contributed by atoms with Crippen LogP contribution in [-0.4, -0.2) is 29.1 Å². The van der Waals surface area contributed by atoms with Gasteiger partial charge in [-0.25, -0.2) is 4.79 Å². The summed E-state index contributed by atoms with van der Waals surface area (Å²) in [6.07, 6.45) is 3.68. The molecule has 1 aromatic carbocycles. The minimum absolute atomic E-state index is 0.313. The normalized spacial score (nSPS) is 10.2. The zero-order valence-electron chi connectivity index (χ0n) is 9.80. The van der Waals surface area contributed by atoms with Crippen molar-refractivity contribution in [3.05, 3.63) is 60.7 Å². The summed E-state index contributed by atoms with van der Waals surface area (Å²) in [4.78, 5) is 12.9. The summed E-state index contributed by atoms with van der Waals surface area (Å²) in [7, 11) is 0. The fourth-order valence-corrected chi connectivity index (χ4v) is 1.58. The lowest BCUT2D eigenvalue weighted by molar-refractivity contribution is 0.0697. The number of rotatable bonds is 7. The lowest BCUT2D eigenvalue weighted by Gasteiger charge is -2.18. The number of nitrogens with zero attached hydrogens (tertiary/aromatic N) is 1. The van der Waals surface area contributed by atoms with Crippen LogP contribution in [0.5, 0.6) is 0 Å². The van der Waals surface area contributed by atoms with Crippen LogP contribution >= 0.6 is 0 Å².